The third-order valence-corrected chi connectivity index (χ3v) is 5.65. The topological polar surface area (TPSA) is 41.8 Å². The molecule has 4 aromatic rings. The Morgan fingerprint density at radius 3 is 2.54 bits per heavy atom. The zero-order valence-corrected chi connectivity index (χ0v) is 16.6. The molecule has 4 rings (SSSR count). The predicted molar refractivity (Wildman–Crippen MR) is 116 cm³/mol. The summed E-state index contributed by atoms with van der Waals surface area (Å²) >= 11 is 3.63. The van der Waals surface area contributed by atoms with Crippen molar-refractivity contribution >= 4 is 37.6 Å². The summed E-state index contributed by atoms with van der Waals surface area (Å²) in [6.07, 6.45) is 3.19. The average molecular weight is 407 g/mol. The number of nitrogens with two attached hydrogens (primary N) is 1. The van der Waals surface area contributed by atoms with Gasteiger partial charge in [0.2, 0.25) is 0 Å². The van der Waals surface area contributed by atoms with E-state index >= 15 is 0 Å². The van der Waals surface area contributed by atoms with E-state index in [0.717, 1.165) is 30.3 Å². The Bertz CT molecular complexity index is 1080. The minimum atomic E-state index is 0.745. The first-order valence-electron chi connectivity index (χ1n) is 9.18. The van der Waals surface area contributed by atoms with E-state index in [1.807, 2.05) is 0 Å². The lowest BCUT2D eigenvalue weighted by molar-refractivity contribution is 0.748. The predicted octanol–water partition coefficient (Wildman–Crippen LogP) is 6.34. The second-order valence-corrected chi connectivity index (χ2v) is 7.81. The van der Waals surface area contributed by atoms with Crippen molar-refractivity contribution in [1.82, 2.24) is 4.98 Å². The van der Waals surface area contributed by atoms with Crippen molar-refractivity contribution < 1.29 is 0 Å². The van der Waals surface area contributed by atoms with E-state index < -0.39 is 0 Å². The van der Waals surface area contributed by atoms with Gasteiger partial charge in [-0.05, 0) is 72.8 Å². The van der Waals surface area contributed by atoms with Crippen LogP contribution in [0.4, 0.5) is 0 Å². The van der Waals surface area contributed by atoms with Gasteiger partial charge in [-0.15, -0.1) is 0 Å². The van der Waals surface area contributed by atoms with Crippen LogP contribution in [0.3, 0.4) is 0 Å². The normalized spacial score (nSPS) is 11.5. The monoisotopic (exact) mass is 406 g/mol. The number of hydrogen-bond acceptors (Lipinski definition) is 1. The zero-order chi connectivity index (χ0) is 18.1. The van der Waals surface area contributed by atoms with Gasteiger partial charge in [0.25, 0.3) is 0 Å². The molecule has 3 aromatic carbocycles. The molecule has 0 aliphatic rings. The molecule has 26 heavy (non-hydrogen) atoms. The van der Waals surface area contributed by atoms with Gasteiger partial charge in [-0.3, -0.25) is 0 Å². The highest BCUT2D eigenvalue weighted by Crippen LogP contribution is 2.37. The molecule has 1 aromatic heterocycles. The van der Waals surface area contributed by atoms with E-state index in [0.29, 0.717) is 0 Å². The summed E-state index contributed by atoms with van der Waals surface area (Å²) in [4.78, 5) is 3.69. The lowest BCUT2D eigenvalue weighted by Crippen LogP contribution is -1.99. The second kappa shape index (κ2) is 7.26. The number of aryl methyl sites for hydroxylation is 2. The van der Waals surface area contributed by atoms with E-state index in [9.17, 15) is 0 Å². The summed E-state index contributed by atoms with van der Waals surface area (Å²) < 4.78 is 1.12. The van der Waals surface area contributed by atoms with Crippen molar-refractivity contribution in [2.24, 2.45) is 5.73 Å². The SMILES string of the molecule is Cc1ccc(-c2[nH]c3ccc(Br)cc3c2CCCCN)c2ccccc12. The van der Waals surface area contributed by atoms with Gasteiger partial charge in [0.1, 0.15) is 0 Å². The second-order valence-electron chi connectivity index (χ2n) is 6.89. The van der Waals surface area contributed by atoms with Crippen molar-refractivity contribution in [3.63, 3.8) is 0 Å². The molecule has 0 amide bonds. The molecule has 0 bridgehead atoms. The van der Waals surface area contributed by atoms with Crippen molar-refractivity contribution in [2.45, 2.75) is 26.2 Å². The van der Waals surface area contributed by atoms with Gasteiger partial charge < -0.3 is 10.7 Å². The minimum absolute atomic E-state index is 0.745. The maximum atomic E-state index is 5.73. The van der Waals surface area contributed by atoms with Crippen molar-refractivity contribution in [3.8, 4) is 11.3 Å². The molecule has 0 saturated carbocycles. The molecule has 0 aliphatic carbocycles. The van der Waals surface area contributed by atoms with E-state index in [2.05, 4.69) is 82.4 Å². The van der Waals surface area contributed by atoms with Crippen LogP contribution in [-0.2, 0) is 6.42 Å². The van der Waals surface area contributed by atoms with Crippen LogP contribution in [0, 0.1) is 6.92 Å². The number of H-pyrrole nitrogens is 1. The first-order chi connectivity index (χ1) is 12.7. The number of aromatic nitrogens is 1. The van der Waals surface area contributed by atoms with Crippen LogP contribution in [0.2, 0.25) is 0 Å². The molecule has 1 heterocycles. The lowest BCUT2D eigenvalue weighted by atomic mass is 9.94. The maximum absolute atomic E-state index is 5.73. The summed E-state index contributed by atoms with van der Waals surface area (Å²) in [7, 11) is 0. The van der Waals surface area contributed by atoms with Gasteiger partial charge >= 0.3 is 0 Å². The lowest BCUT2D eigenvalue weighted by Gasteiger charge is -2.11. The molecule has 0 unspecified atom stereocenters. The van der Waals surface area contributed by atoms with Crippen molar-refractivity contribution in [2.75, 3.05) is 6.54 Å². The Balaban J connectivity index is 1.96. The Hall–Kier alpha value is -2.10. The highest BCUT2D eigenvalue weighted by Gasteiger charge is 2.15. The first-order valence-corrected chi connectivity index (χ1v) is 9.97. The van der Waals surface area contributed by atoms with Gasteiger partial charge in [0.15, 0.2) is 0 Å². The van der Waals surface area contributed by atoms with Gasteiger partial charge in [-0.1, -0.05) is 52.3 Å². The number of unbranched alkanes of at least 4 members (excludes halogenated alkanes) is 1. The summed E-state index contributed by atoms with van der Waals surface area (Å²) in [6, 6.07) is 19.6. The molecule has 0 atom stereocenters. The van der Waals surface area contributed by atoms with Gasteiger partial charge in [0.05, 0.1) is 5.69 Å². The zero-order valence-electron chi connectivity index (χ0n) is 15.0. The van der Waals surface area contributed by atoms with Crippen molar-refractivity contribution in [1.29, 1.82) is 0 Å². The summed E-state index contributed by atoms with van der Waals surface area (Å²) in [6.45, 7) is 2.92. The number of fused-ring (bicyclic) bond motifs is 2. The molecule has 0 radical (unpaired) electrons. The fraction of sp³-hybridized carbons (Fsp3) is 0.217. The summed E-state index contributed by atoms with van der Waals surface area (Å²) in [5, 5.41) is 3.92. The molecule has 0 aliphatic heterocycles. The van der Waals surface area contributed by atoms with Gasteiger partial charge in [-0.2, -0.15) is 0 Å². The van der Waals surface area contributed by atoms with Crippen LogP contribution >= 0.6 is 15.9 Å². The highest BCUT2D eigenvalue weighted by molar-refractivity contribution is 9.10. The Kier molecular flexibility index (Phi) is 4.84. The van der Waals surface area contributed by atoms with Gasteiger partial charge in [-0.25, -0.2) is 0 Å². The number of benzene rings is 3. The Morgan fingerprint density at radius 1 is 0.923 bits per heavy atom. The fourth-order valence-corrected chi connectivity index (χ4v) is 4.18. The molecular formula is C23H23BrN2. The molecular weight excluding hydrogens is 384 g/mol. The number of rotatable bonds is 5. The molecule has 0 saturated heterocycles. The number of nitrogens with one attached hydrogen (secondary N) is 1. The third kappa shape index (κ3) is 3.06. The van der Waals surface area contributed by atoms with Gasteiger partial charge in [0, 0.05) is 20.9 Å². The number of aromatic amines is 1. The smallest absolute Gasteiger partial charge is 0.0503 e. The van der Waals surface area contributed by atoms with Crippen LogP contribution in [0.1, 0.15) is 24.0 Å². The largest absolute Gasteiger partial charge is 0.354 e. The van der Waals surface area contributed by atoms with Crippen LogP contribution in [0.15, 0.2) is 59.1 Å². The average Bonchev–Trinajstić information content (AvgIpc) is 3.00. The first kappa shape index (κ1) is 17.3. The molecule has 0 fully saturated rings. The molecule has 3 heteroatoms. The van der Waals surface area contributed by atoms with E-state index in [4.69, 9.17) is 5.73 Å². The van der Waals surface area contributed by atoms with Crippen LogP contribution < -0.4 is 5.73 Å². The molecule has 132 valence electrons. The maximum Gasteiger partial charge on any atom is 0.0503 e. The number of hydrogen-bond donors (Lipinski definition) is 2. The summed E-state index contributed by atoms with van der Waals surface area (Å²) in [5.74, 6) is 0. The van der Waals surface area contributed by atoms with Crippen LogP contribution in [0.5, 0.6) is 0 Å². The molecule has 0 spiro atoms. The Labute approximate surface area is 162 Å². The molecule has 3 N–H and O–H groups in total. The van der Waals surface area contributed by atoms with E-state index in [1.165, 1.54) is 44.1 Å². The van der Waals surface area contributed by atoms with Crippen LogP contribution in [-0.4, -0.2) is 11.5 Å². The third-order valence-electron chi connectivity index (χ3n) is 5.16. The quantitative estimate of drug-likeness (QED) is 0.373. The standard InChI is InChI=1S/C23H23BrN2/c1-15-9-11-20(18-7-3-2-6-17(15)18)23-19(8-4-5-13-25)21-14-16(24)10-12-22(21)26-23/h2-3,6-7,9-12,14,26H,4-5,8,13,25H2,1H3. The fourth-order valence-electron chi connectivity index (χ4n) is 3.82. The highest BCUT2D eigenvalue weighted by atomic mass is 79.9. The Morgan fingerprint density at radius 2 is 1.73 bits per heavy atom. The van der Waals surface area contributed by atoms with Crippen molar-refractivity contribution in [3.05, 3.63) is 70.2 Å². The molecule has 2 nitrogen and oxygen atoms in total. The van der Waals surface area contributed by atoms with E-state index in [1.54, 1.807) is 0 Å². The minimum Gasteiger partial charge on any atom is -0.354 e. The van der Waals surface area contributed by atoms with Crippen LogP contribution in [0.25, 0.3) is 32.9 Å². The number of halogens is 1. The van der Waals surface area contributed by atoms with E-state index in [-0.39, 0.29) is 0 Å². The summed E-state index contributed by atoms with van der Waals surface area (Å²) in [5.41, 5.74) is 12.1.